The van der Waals surface area contributed by atoms with Crippen molar-refractivity contribution in [3.63, 3.8) is 0 Å². The number of alkyl halides is 2. The van der Waals surface area contributed by atoms with E-state index in [1.165, 1.54) is 0 Å². The lowest BCUT2D eigenvalue weighted by Gasteiger charge is -2.38. The highest BCUT2D eigenvalue weighted by Gasteiger charge is 2.45. The zero-order valence-electron chi connectivity index (χ0n) is 12.3. The Morgan fingerprint density at radius 1 is 1.05 bits per heavy atom. The second-order valence-corrected chi connectivity index (χ2v) is 6.69. The predicted molar refractivity (Wildman–Crippen MR) is 73.0 cm³/mol. The second kappa shape index (κ2) is 5.89. The van der Waals surface area contributed by atoms with Gasteiger partial charge in [-0.15, -0.1) is 0 Å². The van der Waals surface area contributed by atoms with Crippen molar-refractivity contribution in [1.82, 2.24) is 5.32 Å². The Labute approximate surface area is 123 Å². The molecule has 0 bridgehead atoms. The summed E-state index contributed by atoms with van der Waals surface area (Å²) in [5.74, 6) is -4.09. The summed E-state index contributed by atoms with van der Waals surface area (Å²) in [6.07, 6.45) is 2.03. The molecular weight excluding hydrogens is 280 g/mol. The van der Waals surface area contributed by atoms with Crippen molar-refractivity contribution in [2.75, 3.05) is 0 Å². The van der Waals surface area contributed by atoms with Crippen LogP contribution in [0, 0.1) is 11.8 Å². The summed E-state index contributed by atoms with van der Waals surface area (Å²) < 4.78 is 26.2. The number of halogens is 2. The molecule has 0 heterocycles. The highest BCUT2D eigenvalue weighted by Crippen LogP contribution is 2.37. The van der Waals surface area contributed by atoms with Gasteiger partial charge in [0, 0.05) is 18.8 Å². The Balaban J connectivity index is 1.98. The summed E-state index contributed by atoms with van der Waals surface area (Å²) in [6.45, 7) is 2.07. The van der Waals surface area contributed by atoms with E-state index in [0.29, 0.717) is 18.8 Å². The van der Waals surface area contributed by atoms with Crippen molar-refractivity contribution in [2.24, 2.45) is 11.8 Å². The van der Waals surface area contributed by atoms with Crippen LogP contribution in [0.2, 0.25) is 0 Å². The van der Waals surface area contributed by atoms with Gasteiger partial charge in [-0.3, -0.25) is 4.79 Å². The molecule has 0 saturated heterocycles. The average molecular weight is 303 g/mol. The van der Waals surface area contributed by atoms with Crippen LogP contribution in [0.25, 0.3) is 0 Å². The monoisotopic (exact) mass is 303 g/mol. The van der Waals surface area contributed by atoms with Crippen molar-refractivity contribution in [3.05, 3.63) is 0 Å². The Hall–Kier alpha value is -1.20. The van der Waals surface area contributed by atoms with E-state index < -0.39 is 23.3 Å². The normalized spacial score (nSPS) is 33.4. The molecule has 0 aromatic rings. The first-order chi connectivity index (χ1) is 9.74. The van der Waals surface area contributed by atoms with E-state index in [2.05, 4.69) is 12.2 Å². The maximum atomic E-state index is 13.1. The molecule has 0 aromatic heterocycles. The lowest BCUT2D eigenvalue weighted by Crippen LogP contribution is -2.57. The predicted octanol–water partition coefficient (Wildman–Crippen LogP) is 2.96. The standard InChI is InChI=1S/C15H23F2NO3/c1-10-2-6-14(7-3-10,13(20)21)18-12(19)11-4-8-15(16,17)9-5-11/h10-11H,2-9H2,1H3,(H,18,19)(H,20,21). The number of amides is 1. The molecule has 0 aromatic carbocycles. The molecule has 120 valence electrons. The zero-order valence-corrected chi connectivity index (χ0v) is 12.3. The van der Waals surface area contributed by atoms with Gasteiger partial charge in [-0.2, -0.15) is 0 Å². The minimum Gasteiger partial charge on any atom is -0.480 e. The van der Waals surface area contributed by atoms with Gasteiger partial charge in [0.1, 0.15) is 5.54 Å². The van der Waals surface area contributed by atoms with E-state index in [9.17, 15) is 23.5 Å². The molecule has 4 nitrogen and oxygen atoms in total. The number of hydrogen-bond acceptors (Lipinski definition) is 2. The van der Waals surface area contributed by atoms with Gasteiger partial charge in [-0.25, -0.2) is 13.6 Å². The van der Waals surface area contributed by atoms with Crippen LogP contribution in [-0.2, 0) is 9.59 Å². The van der Waals surface area contributed by atoms with E-state index in [0.717, 1.165) is 12.8 Å². The van der Waals surface area contributed by atoms with Crippen molar-refractivity contribution < 1.29 is 23.5 Å². The van der Waals surface area contributed by atoms with Gasteiger partial charge in [0.2, 0.25) is 11.8 Å². The maximum Gasteiger partial charge on any atom is 0.329 e. The summed E-state index contributed by atoms with van der Waals surface area (Å²) in [4.78, 5) is 23.8. The number of aliphatic carboxylic acids is 1. The van der Waals surface area contributed by atoms with Crippen LogP contribution in [0.5, 0.6) is 0 Å². The Morgan fingerprint density at radius 2 is 1.57 bits per heavy atom. The van der Waals surface area contributed by atoms with Gasteiger partial charge < -0.3 is 10.4 Å². The quantitative estimate of drug-likeness (QED) is 0.842. The summed E-state index contributed by atoms with van der Waals surface area (Å²) in [7, 11) is 0. The number of carboxylic acid groups (broad SMARTS) is 1. The third kappa shape index (κ3) is 3.71. The summed E-state index contributed by atoms with van der Waals surface area (Å²) in [5.41, 5.74) is -1.20. The molecule has 6 heteroatoms. The highest BCUT2D eigenvalue weighted by molar-refractivity contribution is 5.88. The molecule has 0 radical (unpaired) electrons. The molecule has 2 aliphatic carbocycles. The molecule has 21 heavy (non-hydrogen) atoms. The number of nitrogens with one attached hydrogen (secondary N) is 1. The lowest BCUT2D eigenvalue weighted by molar-refractivity contribution is -0.151. The van der Waals surface area contributed by atoms with E-state index in [-0.39, 0.29) is 31.6 Å². The van der Waals surface area contributed by atoms with Gasteiger partial charge >= 0.3 is 5.97 Å². The van der Waals surface area contributed by atoms with Crippen LogP contribution in [0.15, 0.2) is 0 Å². The summed E-state index contributed by atoms with van der Waals surface area (Å²) in [5, 5.41) is 12.1. The number of carboxylic acids is 1. The van der Waals surface area contributed by atoms with Gasteiger partial charge in [-0.05, 0) is 44.4 Å². The number of carbonyl (C=O) groups is 2. The fraction of sp³-hybridized carbons (Fsp3) is 0.867. The third-order valence-corrected chi connectivity index (χ3v) is 4.99. The number of carbonyl (C=O) groups excluding carboxylic acids is 1. The van der Waals surface area contributed by atoms with E-state index >= 15 is 0 Å². The SMILES string of the molecule is CC1CCC(NC(=O)C2CCC(F)(F)CC2)(C(=O)O)CC1. The van der Waals surface area contributed by atoms with Crippen molar-refractivity contribution in [3.8, 4) is 0 Å². The molecule has 0 spiro atoms. The maximum absolute atomic E-state index is 13.1. The van der Waals surface area contributed by atoms with Crippen molar-refractivity contribution in [2.45, 2.75) is 69.8 Å². The fourth-order valence-electron chi connectivity index (χ4n) is 3.29. The molecule has 1 amide bonds. The highest BCUT2D eigenvalue weighted by atomic mass is 19.3. The largest absolute Gasteiger partial charge is 0.480 e. The third-order valence-electron chi connectivity index (χ3n) is 4.99. The number of hydrogen-bond donors (Lipinski definition) is 2. The molecule has 2 N–H and O–H groups in total. The summed E-state index contributed by atoms with van der Waals surface area (Å²) >= 11 is 0. The van der Waals surface area contributed by atoms with E-state index in [1.807, 2.05) is 0 Å². The fourth-order valence-corrected chi connectivity index (χ4v) is 3.29. The minimum atomic E-state index is -2.68. The molecule has 2 saturated carbocycles. The molecule has 2 aliphatic rings. The molecule has 2 fully saturated rings. The van der Waals surface area contributed by atoms with Gasteiger partial charge in [0.15, 0.2) is 0 Å². The van der Waals surface area contributed by atoms with Crippen molar-refractivity contribution >= 4 is 11.9 Å². The molecule has 2 rings (SSSR count). The first-order valence-corrected chi connectivity index (χ1v) is 7.67. The van der Waals surface area contributed by atoms with Crippen LogP contribution in [0.1, 0.15) is 58.3 Å². The minimum absolute atomic E-state index is 0.130. The first kappa shape index (κ1) is 16.2. The molecule has 0 aliphatic heterocycles. The molecule has 0 unspecified atom stereocenters. The smallest absolute Gasteiger partial charge is 0.329 e. The first-order valence-electron chi connectivity index (χ1n) is 7.67. The van der Waals surface area contributed by atoms with E-state index in [1.54, 1.807) is 0 Å². The average Bonchev–Trinajstić information content (AvgIpc) is 2.41. The van der Waals surface area contributed by atoms with Crippen LogP contribution in [0.3, 0.4) is 0 Å². The topological polar surface area (TPSA) is 66.4 Å². The summed E-state index contributed by atoms with van der Waals surface area (Å²) in [6, 6.07) is 0. The van der Waals surface area contributed by atoms with Gasteiger partial charge in [-0.1, -0.05) is 6.92 Å². The Kier molecular flexibility index (Phi) is 4.54. The van der Waals surface area contributed by atoms with Crippen LogP contribution in [-0.4, -0.2) is 28.4 Å². The van der Waals surface area contributed by atoms with Crippen LogP contribution < -0.4 is 5.32 Å². The second-order valence-electron chi connectivity index (χ2n) is 6.69. The van der Waals surface area contributed by atoms with E-state index in [4.69, 9.17) is 0 Å². The Bertz CT molecular complexity index is 407. The van der Waals surface area contributed by atoms with Crippen molar-refractivity contribution in [1.29, 1.82) is 0 Å². The molecule has 0 atom stereocenters. The van der Waals surface area contributed by atoms with Crippen LogP contribution >= 0.6 is 0 Å². The zero-order chi connectivity index (χ0) is 15.7. The van der Waals surface area contributed by atoms with Gasteiger partial charge in [0.05, 0.1) is 0 Å². The van der Waals surface area contributed by atoms with Crippen LogP contribution in [0.4, 0.5) is 8.78 Å². The lowest BCUT2D eigenvalue weighted by atomic mass is 9.76. The molecular formula is C15H23F2NO3. The number of rotatable bonds is 3. The van der Waals surface area contributed by atoms with Gasteiger partial charge in [0.25, 0.3) is 0 Å². The Morgan fingerprint density at radius 3 is 2.05 bits per heavy atom.